The summed E-state index contributed by atoms with van der Waals surface area (Å²) in [5.74, 6) is -0.653. The lowest BCUT2D eigenvalue weighted by molar-refractivity contribution is -0.142. The number of carboxylic acids is 1. The molecule has 1 aliphatic carbocycles. The fraction of sp³-hybridized carbons (Fsp3) is 0.875. The number of carbonyl (C=O) groups excluding carboxylic acids is 1. The maximum Gasteiger partial charge on any atom is 0.308 e. The van der Waals surface area contributed by atoms with Crippen molar-refractivity contribution in [1.82, 2.24) is 5.32 Å². The van der Waals surface area contributed by atoms with Gasteiger partial charge in [0.2, 0.25) is 5.91 Å². The van der Waals surface area contributed by atoms with E-state index in [-0.39, 0.29) is 23.8 Å². The largest absolute Gasteiger partial charge is 0.481 e. The lowest BCUT2D eigenvalue weighted by Gasteiger charge is -2.38. The number of hydrogen-bond donors (Lipinski definition) is 2. The quantitative estimate of drug-likeness (QED) is 0.787. The molecule has 0 heterocycles. The predicted octanol–water partition coefficient (Wildman–Crippen LogP) is 3.07. The minimum Gasteiger partial charge on any atom is -0.481 e. The van der Waals surface area contributed by atoms with Crippen molar-refractivity contribution < 1.29 is 14.7 Å². The average molecular weight is 283 g/mol. The Hall–Kier alpha value is -1.06. The van der Waals surface area contributed by atoms with Crippen LogP contribution in [0.25, 0.3) is 0 Å². The van der Waals surface area contributed by atoms with Gasteiger partial charge in [0.1, 0.15) is 0 Å². The van der Waals surface area contributed by atoms with Crippen molar-refractivity contribution in [3.63, 3.8) is 0 Å². The summed E-state index contributed by atoms with van der Waals surface area (Å²) in [5.41, 5.74) is 0.204. The van der Waals surface area contributed by atoms with Crippen LogP contribution in [-0.4, -0.2) is 23.5 Å². The second kappa shape index (κ2) is 7.09. The molecule has 116 valence electrons. The standard InChI is InChI=1S/C16H29NO3/c1-5-6-12(15(19)20)10-17-14(18)13-7-11(2)8-16(3,4)9-13/h11-13H,5-10H2,1-4H3,(H,17,18)(H,19,20). The molecule has 3 unspecified atom stereocenters. The van der Waals surface area contributed by atoms with Gasteiger partial charge in [0.25, 0.3) is 0 Å². The zero-order chi connectivity index (χ0) is 15.3. The van der Waals surface area contributed by atoms with Gasteiger partial charge in [-0.25, -0.2) is 0 Å². The first kappa shape index (κ1) is 17.0. The van der Waals surface area contributed by atoms with Gasteiger partial charge in [-0.3, -0.25) is 9.59 Å². The van der Waals surface area contributed by atoms with Gasteiger partial charge in [-0.05, 0) is 37.0 Å². The number of amides is 1. The smallest absolute Gasteiger partial charge is 0.308 e. The maximum absolute atomic E-state index is 12.3. The predicted molar refractivity (Wildman–Crippen MR) is 79.3 cm³/mol. The van der Waals surface area contributed by atoms with E-state index in [0.717, 1.165) is 25.7 Å². The summed E-state index contributed by atoms with van der Waals surface area (Å²) in [6, 6.07) is 0. The first-order valence-electron chi connectivity index (χ1n) is 7.75. The van der Waals surface area contributed by atoms with E-state index in [1.807, 2.05) is 6.92 Å². The van der Waals surface area contributed by atoms with Crippen LogP contribution in [0.4, 0.5) is 0 Å². The first-order chi connectivity index (χ1) is 9.25. The highest BCUT2D eigenvalue weighted by molar-refractivity contribution is 5.79. The Morgan fingerprint density at radius 1 is 1.35 bits per heavy atom. The van der Waals surface area contributed by atoms with Gasteiger partial charge in [0, 0.05) is 12.5 Å². The van der Waals surface area contributed by atoms with E-state index in [1.165, 1.54) is 0 Å². The van der Waals surface area contributed by atoms with E-state index in [9.17, 15) is 9.59 Å². The lowest BCUT2D eigenvalue weighted by Crippen LogP contribution is -2.41. The lowest BCUT2D eigenvalue weighted by atomic mass is 9.68. The Kier molecular flexibility index (Phi) is 6.03. The van der Waals surface area contributed by atoms with Crippen LogP contribution in [0.2, 0.25) is 0 Å². The van der Waals surface area contributed by atoms with Crippen molar-refractivity contribution >= 4 is 11.9 Å². The monoisotopic (exact) mass is 283 g/mol. The number of carbonyl (C=O) groups is 2. The van der Waals surface area contributed by atoms with Crippen LogP contribution in [0.1, 0.15) is 59.8 Å². The van der Waals surface area contributed by atoms with Crippen LogP contribution in [-0.2, 0) is 9.59 Å². The number of hydrogen-bond acceptors (Lipinski definition) is 2. The van der Waals surface area contributed by atoms with Gasteiger partial charge in [0.15, 0.2) is 0 Å². The van der Waals surface area contributed by atoms with Crippen LogP contribution in [0.15, 0.2) is 0 Å². The number of nitrogens with one attached hydrogen (secondary N) is 1. The van der Waals surface area contributed by atoms with Crippen molar-refractivity contribution in [2.24, 2.45) is 23.2 Å². The van der Waals surface area contributed by atoms with Crippen LogP contribution < -0.4 is 5.32 Å². The van der Waals surface area contributed by atoms with Crippen LogP contribution in [0.5, 0.6) is 0 Å². The third kappa shape index (κ3) is 5.14. The molecular formula is C16H29NO3. The zero-order valence-corrected chi connectivity index (χ0v) is 13.2. The summed E-state index contributed by atoms with van der Waals surface area (Å²) >= 11 is 0. The summed E-state index contributed by atoms with van der Waals surface area (Å²) < 4.78 is 0. The molecule has 0 radical (unpaired) electrons. The first-order valence-corrected chi connectivity index (χ1v) is 7.75. The molecule has 0 saturated heterocycles. The summed E-state index contributed by atoms with van der Waals surface area (Å²) in [6.45, 7) is 8.83. The van der Waals surface area contributed by atoms with Gasteiger partial charge in [-0.15, -0.1) is 0 Å². The van der Waals surface area contributed by atoms with Crippen molar-refractivity contribution in [2.45, 2.75) is 59.8 Å². The normalized spacial score (nSPS) is 26.8. The Morgan fingerprint density at radius 2 is 2.00 bits per heavy atom. The molecule has 4 heteroatoms. The molecule has 1 aliphatic rings. The zero-order valence-electron chi connectivity index (χ0n) is 13.2. The summed E-state index contributed by atoms with van der Waals surface area (Å²) in [4.78, 5) is 23.3. The van der Waals surface area contributed by atoms with E-state index < -0.39 is 11.9 Å². The number of rotatable bonds is 6. The van der Waals surface area contributed by atoms with Crippen LogP contribution >= 0.6 is 0 Å². The fourth-order valence-corrected chi connectivity index (χ4v) is 3.58. The molecule has 0 aliphatic heterocycles. The molecule has 0 spiro atoms. The third-order valence-corrected chi connectivity index (χ3v) is 4.27. The molecule has 1 saturated carbocycles. The Labute approximate surface area is 122 Å². The molecule has 0 bridgehead atoms. The molecule has 4 nitrogen and oxygen atoms in total. The van der Waals surface area contributed by atoms with E-state index in [2.05, 4.69) is 26.1 Å². The van der Waals surface area contributed by atoms with Gasteiger partial charge in [-0.2, -0.15) is 0 Å². The Morgan fingerprint density at radius 3 is 2.50 bits per heavy atom. The fourth-order valence-electron chi connectivity index (χ4n) is 3.58. The topological polar surface area (TPSA) is 66.4 Å². The average Bonchev–Trinajstić information content (AvgIpc) is 2.31. The highest BCUT2D eigenvalue weighted by atomic mass is 16.4. The summed E-state index contributed by atoms with van der Waals surface area (Å²) in [5, 5.41) is 12.0. The minimum atomic E-state index is -0.815. The molecule has 1 rings (SSSR count). The molecule has 0 aromatic heterocycles. The van der Waals surface area contributed by atoms with E-state index in [4.69, 9.17) is 5.11 Å². The summed E-state index contributed by atoms with van der Waals surface area (Å²) in [7, 11) is 0. The Balaban J connectivity index is 2.51. The maximum atomic E-state index is 12.3. The molecule has 0 aromatic rings. The molecule has 0 aromatic carbocycles. The van der Waals surface area contributed by atoms with E-state index in [1.54, 1.807) is 0 Å². The second-order valence-electron chi connectivity index (χ2n) is 7.18. The van der Waals surface area contributed by atoms with E-state index >= 15 is 0 Å². The summed E-state index contributed by atoms with van der Waals surface area (Å²) in [6.07, 6.45) is 4.41. The molecule has 20 heavy (non-hydrogen) atoms. The molecule has 2 N–H and O–H groups in total. The molecule has 1 amide bonds. The Bertz CT molecular complexity index is 352. The SMILES string of the molecule is CCCC(CNC(=O)C1CC(C)CC(C)(C)C1)C(=O)O. The van der Waals surface area contributed by atoms with Gasteiger partial charge in [-0.1, -0.05) is 34.1 Å². The van der Waals surface area contributed by atoms with Crippen LogP contribution in [0, 0.1) is 23.2 Å². The van der Waals surface area contributed by atoms with Crippen LogP contribution in [0.3, 0.4) is 0 Å². The molecule has 1 fully saturated rings. The van der Waals surface area contributed by atoms with E-state index in [0.29, 0.717) is 12.3 Å². The van der Waals surface area contributed by atoms with Gasteiger partial charge >= 0.3 is 5.97 Å². The highest BCUT2D eigenvalue weighted by Gasteiger charge is 2.35. The molecule has 3 atom stereocenters. The van der Waals surface area contributed by atoms with Crippen molar-refractivity contribution in [2.75, 3.05) is 6.54 Å². The van der Waals surface area contributed by atoms with Crippen molar-refractivity contribution in [3.8, 4) is 0 Å². The van der Waals surface area contributed by atoms with Gasteiger partial charge in [0.05, 0.1) is 5.92 Å². The number of carboxylic acid groups (broad SMARTS) is 1. The van der Waals surface area contributed by atoms with Crippen molar-refractivity contribution in [1.29, 1.82) is 0 Å². The van der Waals surface area contributed by atoms with Gasteiger partial charge < -0.3 is 10.4 Å². The third-order valence-electron chi connectivity index (χ3n) is 4.27. The minimum absolute atomic E-state index is 0.0322. The highest BCUT2D eigenvalue weighted by Crippen LogP contribution is 2.41. The van der Waals surface area contributed by atoms with Crippen molar-refractivity contribution in [3.05, 3.63) is 0 Å². The molecular weight excluding hydrogens is 254 g/mol. The second-order valence-corrected chi connectivity index (χ2v) is 7.18. The number of aliphatic carboxylic acids is 1.